The van der Waals surface area contributed by atoms with Crippen LogP contribution in [-0.4, -0.2) is 42.9 Å². The van der Waals surface area contributed by atoms with E-state index < -0.39 is 12.1 Å². The third-order valence-electron chi connectivity index (χ3n) is 3.16. The largest absolute Gasteiger partial charge is 0.456 e. The quantitative estimate of drug-likeness (QED) is 0.544. The number of carbonyl (C=O) groups is 3. The molecule has 0 bridgehead atoms. The number of benzene rings is 2. The monoisotopic (exact) mass is 405 g/mol. The summed E-state index contributed by atoms with van der Waals surface area (Å²) in [6.45, 7) is -0.707. The first-order valence-electron chi connectivity index (χ1n) is 7.38. The normalized spacial score (nSPS) is 10.0. The molecule has 0 spiro atoms. The molecular formula is C18H16BrNO5. The summed E-state index contributed by atoms with van der Waals surface area (Å²) in [6.07, 6.45) is -0.692. The van der Waals surface area contributed by atoms with Crippen LogP contribution in [0.25, 0.3) is 0 Å². The van der Waals surface area contributed by atoms with Gasteiger partial charge in [0.15, 0.2) is 12.4 Å². The van der Waals surface area contributed by atoms with Gasteiger partial charge >= 0.3 is 12.1 Å². The summed E-state index contributed by atoms with van der Waals surface area (Å²) in [4.78, 5) is 36.6. The van der Waals surface area contributed by atoms with Gasteiger partial charge in [-0.25, -0.2) is 4.79 Å². The Kier molecular flexibility index (Phi) is 6.71. The van der Waals surface area contributed by atoms with E-state index in [9.17, 15) is 14.4 Å². The second-order valence-corrected chi connectivity index (χ2v) is 6.04. The van der Waals surface area contributed by atoms with E-state index >= 15 is 0 Å². The van der Waals surface area contributed by atoms with Crippen LogP contribution in [0.4, 0.5) is 4.79 Å². The fraction of sp³-hybridized carbons (Fsp3) is 0.167. The molecule has 2 aromatic rings. The predicted octanol–water partition coefficient (Wildman–Crippen LogP) is 3.31. The second kappa shape index (κ2) is 8.98. The molecule has 0 aliphatic heterocycles. The summed E-state index contributed by atoms with van der Waals surface area (Å²) in [5, 5.41) is 0. The lowest BCUT2D eigenvalue weighted by atomic mass is 10.1. The molecule has 0 heterocycles. The van der Waals surface area contributed by atoms with Gasteiger partial charge in [-0.2, -0.15) is 0 Å². The zero-order valence-electron chi connectivity index (χ0n) is 13.5. The number of rotatable bonds is 6. The van der Waals surface area contributed by atoms with Crippen LogP contribution in [0.5, 0.6) is 5.75 Å². The van der Waals surface area contributed by atoms with Crippen molar-refractivity contribution in [3.05, 3.63) is 64.6 Å². The Morgan fingerprint density at radius 1 is 1.00 bits per heavy atom. The molecule has 0 N–H and O–H groups in total. The Morgan fingerprint density at radius 2 is 1.64 bits per heavy atom. The van der Waals surface area contributed by atoms with Gasteiger partial charge < -0.3 is 9.47 Å². The molecule has 0 fully saturated rings. The lowest BCUT2D eigenvalue weighted by Crippen LogP contribution is -2.35. The van der Waals surface area contributed by atoms with E-state index in [4.69, 9.17) is 9.47 Å². The highest BCUT2D eigenvalue weighted by Gasteiger charge is 2.17. The molecule has 1 amide bonds. The van der Waals surface area contributed by atoms with Crippen molar-refractivity contribution in [3.8, 4) is 5.75 Å². The first kappa shape index (κ1) is 18.7. The number of ether oxygens (including phenoxy) is 2. The molecule has 2 aromatic carbocycles. The molecule has 130 valence electrons. The van der Waals surface area contributed by atoms with Crippen LogP contribution in [0.15, 0.2) is 59.1 Å². The molecule has 0 saturated carbocycles. The van der Waals surface area contributed by atoms with Gasteiger partial charge in [0.25, 0.3) is 0 Å². The van der Waals surface area contributed by atoms with Crippen molar-refractivity contribution in [1.29, 1.82) is 0 Å². The zero-order chi connectivity index (χ0) is 18.2. The fourth-order valence-electron chi connectivity index (χ4n) is 1.84. The van der Waals surface area contributed by atoms with E-state index in [-0.39, 0.29) is 18.9 Å². The highest BCUT2D eigenvalue weighted by molar-refractivity contribution is 9.10. The van der Waals surface area contributed by atoms with Gasteiger partial charge in [0.1, 0.15) is 12.3 Å². The van der Waals surface area contributed by atoms with Crippen LogP contribution in [0.2, 0.25) is 0 Å². The van der Waals surface area contributed by atoms with Crippen molar-refractivity contribution in [1.82, 2.24) is 4.90 Å². The number of halogens is 1. The highest BCUT2D eigenvalue weighted by atomic mass is 79.9. The Hall–Kier alpha value is -2.67. The van der Waals surface area contributed by atoms with Gasteiger partial charge in [-0.05, 0) is 24.3 Å². The molecular weight excluding hydrogens is 390 g/mol. The van der Waals surface area contributed by atoms with E-state index in [0.717, 1.165) is 9.37 Å². The maximum atomic E-state index is 11.9. The maximum absolute atomic E-state index is 11.9. The topological polar surface area (TPSA) is 72.9 Å². The summed E-state index contributed by atoms with van der Waals surface area (Å²) in [6, 6.07) is 15.2. The smallest absolute Gasteiger partial charge is 0.415 e. The highest BCUT2D eigenvalue weighted by Crippen LogP contribution is 2.11. The van der Waals surface area contributed by atoms with Crippen molar-refractivity contribution < 1.29 is 23.9 Å². The van der Waals surface area contributed by atoms with Crippen LogP contribution in [0.3, 0.4) is 0 Å². The number of hydrogen-bond donors (Lipinski definition) is 0. The molecule has 25 heavy (non-hydrogen) atoms. The lowest BCUT2D eigenvalue weighted by Gasteiger charge is -2.15. The average molecular weight is 406 g/mol. The molecule has 2 rings (SSSR count). The Morgan fingerprint density at radius 3 is 2.28 bits per heavy atom. The van der Waals surface area contributed by atoms with Gasteiger partial charge in [-0.1, -0.05) is 46.3 Å². The van der Waals surface area contributed by atoms with E-state index in [2.05, 4.69) is 15.9 Å². The van der Waals surface area contributed by atoms with Crippen molar-refractivity contribution in [2.45, 2.75) is 0 Å². The number of esters is 1. The third-order valence-corrected chi connectivity index (χ3v) is 3.69. The number of nitrogens with zero attached hydrogens (tertiary/aromatic N) is 1. The van der Waals surface area contributed by atoms with Crippen LogP contribution >= 0.6 is 15.9 Å². The van der Waals surface area contributed by atoms with Crippen molar-refractivity contribution in [3.63, 3.8) is 0 Å². The molecule has 0 atom stereocenters. The van der Waals surface area contributed by atoms with Gasteiger partial charge in [-0.3, -0.25) is 14.5 Å². The number of ketones is 1. The fourth-order valence-corrected chi connectivity index (χ4v) is 2.10. The number of carbonyl (C=O) groups excluding carboxylic acids is 3. The first-order valence-corrected chi connectivity index (χ1v) is 8.17. The Bertz CT molecular complexity index is 746. The summed E-state index contributed by atoms with van der Waals surface area (Å²) >= 11 is 3.28. The van der Waals surface area contributed by atoms with E-state index in [0.29, 0.717) is 11.3 Å². The molecule has 0 saturated heterocycles. The SMILES string of the molecule is CN(CC(=O)OCC(=O)c1ccc(Br)cc1)C(=O)Oc1ccccc1. The van der Waals surface area contributed by atoms with E-state index in [1.54, 1.807) is 54.6 Å². The molecule has 7 heteroatoms. The van der Waals surface area contributed by atoms with Crippen LogP contribution in [-0.2, 0) is 9.53 Å². The Labute approximate surface area is 153 Å². The number of likely N-dealkylation sites (N-methyl/N-ethyl adjacent to an activating group) is 1. The standard InChI is InChI=1S/C18H16BrNO5/c1-20(18(23)25-15-5-3-2-4-6-15)11-17(22)24-12-16(21)13-7-9-14(19)10-8-13/h2-10H,11-12H2,1H3. The van der Waals surface area contributed by atoms with Crippen molar-refractivity contribution in [2.75, 3.05) is 20.2 Å². The van der Waals surface area contributed by atoms with Crippen LogP contribution in [0, 0.1) is 0 Å². The summed E-state index contributed by atoms with van der Waals surface area (Å²) in [5.41, 5.74) is 0.438. The Balaban J connectivity index is 1.78. The predicted molar refractivity (Wildman–Crippen MR) is 94.5 cm³/mol. The van der Waals surface area contributed by atoms with Crippen molar-refractivity contribution >= 4 is 33.8 Å². The number of hydrogen-bond acceptors (Lipinski definition) is 5. The van der Waals surface area contributed by atoms with Gasteiger partial charge in [0.05, 0.1) is 0 Å². The number of Topliss-reactive ketones (excluding diaryl/α,β-unsaturated/α-hetero) is 1. The molecule has 0 aromatic heterocycles. The molecule has 0 aliphatic carbocycles. The molecule has 0 unspecified atom stereocenters. The average Bonchev–Trinajstić information content (AvgIpc) is 2.61. The summed E-state index contributed by atoms with van der Waals surface area (Å²) in [5.74, 6) is -0.647. The first-order chi connectivity index (χ1) is 12.0. The van der Waals surface area contributed by atoms with Gasteiger partial charge in [0, 0.05) is 17.1 Å². The summed E-state index contributed by atoms with van der Waals surface area (Å²) in [7, 11) is 1.41. The maximum Gasteiger partial charge on any atom is 0.415 e. The van der Waals surface area contributed by atoms with Gasteiger partial charge in [-0.15, -0.1) is 0 Å². The minimum atomic E-state index is -0.696. The minimum Gasteiger partial charge on any atom is -0.456 e. The summed E-state index contributed by atoms with van der Waals surface area (Å²) < 4.78 is 10.8. The zero-order valence-corrected chi connectivity index (χ0v) is 15.1. The third kappa shape index (κ3) is 6.04. The van der Waals surface area contributed by atoms with Crippen LogP contribution in [0.1, 0.15) is 10.4 Å². The number of para-hydroxylation sites is 1. The van der Waals surface area contributed by atoms with Gasteiger partial charge in [0.2, 0.25) is 0 Å². The molecule has 6 nitrogen and oxygen atoms in total. The molecule has 0 aliphatic rings. The lowest BCUT2D eigenvalue weighted by molar-refractivity contribution is -0.143. The number of amides is 1. The van der Waals surface area contributed by atoms with E-state index in [1.807, 2.05) is 0 Å². The second-order valence-electron chi connectivity index (χ2n) is 5.13. The minimum absolute atomic E-state index is 0.320. The van der Waals surface area contributed by atoms with Crippen molar-refractivity contribution in [2.24, 2.45) is 0 Å². The van der Waals surface area contributed by atoms with Crippen LogP contribution < -0.4 is 4.74 Å². The van der Waals surface area contributed by atoms with E-state index in [1.165, 1.54) is 7.05 Å². The molecule has 0 radical (unpaired) electrons.